The van der Waals surface area contributed by atoms with Gasteiger partial charge in [0.1, 0.15) is 0 Å². The van der Waals surface area contributed by atoms with Crippen LogP contribution in [0.2, 0.25) is 0 Å². The highest BCUT2D eigenvalue weighted by molar-refractivity contribution is 9.10. The summed E-state index contributed by atoms with van der Waals surface area (Å²) in [5, 5.41) is 8.19. The van der Waals surface area contributed by atoms with E-state index in [-0.39, 0.29) is 0 Å². The van der Waals surface area contributed by atoms with Crippen molar-refractivity contribution in [3.63, 3.8) is 0 Å². The Morgan fingerprint density at radius 1 is 1.40 bits per heavy atom. The Hall–Kier alpha value is -1.13. The van der Waals surface area contributed by atoms with Gasteiger partial charge in [-0.05, 0) is 43.9 Å². The van der Waals surface area contributed by atoms with Crippen molar-refractivity contribution in [2.24, 2.45) is 7.05 Å². The standard InChI is InChI=1S/C16H20BrN3/c1-10-14(11(2)20(3)19-10)9-18-16-8-7-12-13(16)5-4-6-15(12)17/h4-6,16,18H,7-9H2,1-3H3. The van der Waals surface area contributed by atoms with Crippen LogP contribution in [-0.2, 0) is 20.0 Å². The molecule has 1 heterocycles. The van der Waals surface area contributed by atoms with Gasteiger partial charge in [-0.15, -0.1) is 0 Å². The molecule has 20 heavy (non-hydrogen) atoms. The highest BCUT2D eigenvalue weighted by Crippen LogP contribution is 2.35. The normalized spacial score (nSPS) is 17.5. The topological polar surface area (TPSA) is 29.9 Å². The minimum Gasteiger partial charge on any atom is -0.306 e. The van der Waals surface area contributed by atoms with Gasteiger partial charge in [0.2, 0.25) is 0 Å². The number of fused-ring (bicyclic) bond motifs is 1. The number of halogens is 1. The van der Waals surface area contributed by atoms with Crippen LogP contribution in [-0.4, -0.2) is 9.78 Å². The molecule has 0 spiro atoms. The first kappa shape index (κ1) is 13.8. The number of benzene rings is 1. The van der Waals surface area contributed by atoms with Gasteiger partial charge in [-0.2, -0.15) is 5.10 Å². The van der Waals surface area contributed by atoms with Crippen LogP contribution in [0, 0.1) is 13.8 Å². The molecule has 1 aromatic carbocycles. The largest absolute Gasteiger partial charge is 0.306 e. The van der Waals surface area contributed by atoms with Crippen LogP contribution >= 0.6 is 15.9 Å². The van der Waals surface area contributed by atoms with Crippen LogP contribution in [0.5, 0.6) is 0 Å². The lowest BCUT2D eigenvalue weighted by Crippen LogP contribution is -2.19. The fourth-order valence-corrected chi connectivity index (χ4v) is 3.70. The lowest BCUT2D eigenvalue weighted by molar-refractivity contribution is 0.528. The first-order valence-electron chi connectivity index (χ1n) is 7.07. The van der Waals surface area contributed by atoms with E-state index in [0.29, 0.717) is 6.04 Å². The number of nitrogens with one attached hydrogen (secondary N) is 1. The number of rotatable bonds is 3. The van der Waals surface area contributed by atoms with Gasteiger partial charge in [0.15, 0.2) is 0 Å². The molecule has 1 aliphatic rings. The first-order chi connectivity index (χ1) is 9.58. The SMILES string of the molecule is Cc1nn(C)c(C)c1CNC1CCc2c(Br)cccc21. The Labute approximate surface area is 128 Å². The van der Waals surface area contributed by atoms with Crippen molar-refractivity contribution in [2.45, 2.75) is 39.3 Å². The third-order valence-corrected chi connectivity index (χ3v) is 5.14. The van der Waals surface area contributed by atoms with Crippen molar-refractivity contribution in [1.82, 2.24) is 15.1 Å². The Balaban J connectivity index is 1.77. The van der Waals surface area contributed by atoms with Crippen LogP contribution in [0.25, 0.3) is 0 Å². The molecular formula is C16H20BrN3. The van der Waals surface area contributed by atoms with Gasteiger partial charge in [-0.3, -0.25) is 4.68 Å². The van der Waals surface area contributed by atoms with Crippen molar-refractivity contribution in [3.05, 3.63) is 50.8 Å². The van der Waals surface area contributed by atoms with Crippen molar-refractivity contribution >= 4 is 15.9 Å². The predicted molar refractivity (Wildman–Crippen MR) is 84.7 cm³/mol. The maximum atomic E-state index is 4.48. The molecule has 0 saturated carbocycles. The van der Waals surface area contributed by atoms with Gasteiger partial charge >= 0.3 is 0 Å². The summed E-state index contributed by atoms with van der Waals surface area (Å²) in [4.78, 5) is 0. The molecule has 2 aromatic rings. The van der Waals surface area contributed by atoms with E-state index in [4.69, 9.17) is 0 Å². The van der Waals surface area contributed by atoms with Crippen molar-refractivity contribution < 1.29 is 0 Å². The van der Waals surface area contributed by atoms with E-state index in [2.05, 4.69) is 58.4 Å². The monoisotopic (exact) mass is 333 g/mol. The van der Waals surface area contributed by atoms with Gasteiger partial charge in [-0.1, -0.05) is 28.1 Å². The maximum Gasteiger partial charge on any atom is 0.0641 e. The minimum absolute atomic E-state index is 0.460. The molecule has 1 atom stereocenters. The molecule has 3 nitrogen and oxygen atoms in total. The molecule has 1 unspecified atom stereocenters. The second-order valence-electron chi connectivity index (χ2n) is 5.55. The van der Waals surface area contributed by atoms with Crippen molar-refractivity contribution in [1.29, 1.82) is 0 Å². The lowest BCUT2D eigenvalue weighted by atomic mass is 10.1. The summed E-state index contributed by atoms with van der Waals surface area (Å²) in [6, 6.07) is 6.97. The average Bonchev–Trinajstić information content (AvgIpc) is 2.92. The predicted octanol–water partition coefficient (Wildman–Crippen LogP) is 3.58. The number of nitrogens with zero attached hydrogens (tertiary/aromatic N) is 2. The molecule has 3 rings (SSSR count). The first-order valence-corrected chi connectivity index (χ1v) is 7.87. The summed E-state index contributed by atoms with van der Waals surface area (Å²) in [6.07, 6.45) is 2.33. The van der Waals surface area contributed by atoms with Crippen LogP contribution in [0.15, 0.2) is 22.7 Å². The molecule has 1 aromatic heterocycles. The highest BCUT2D eigenvalue weighted by atomic mass is 79.9. The second kappa shape index (κ2) is 5.34. The van der Waals surface area contributed by atoms with Gasteiger partial charge in [0, 0.05) is 35.4 Å². The fourth-order valence-electron chi connectivity index (χ4n) is 3.12. The van der Waals surface area contributed by atoms with Crippen LogP contribution in [0.1, 0.15) is 40.5 Å². The minimum atomic E-state index is 0.460. The Morgan fingerprint density at radius 2 is 2.20 bits per heavy atom. The van der Waals surface area contributed by atoms with Gasteiger partial charge in [0.25, 0.3) is 0 Å². The zero-order valence-electron chi connectivity index (χ0n) is 12.2. The molecule has 0 fully saturated rings. The van der Waals surface area contributed by atoms with E-state index in [0.717, 1.165) is 18.7 Å². The van der Waals surface area contributed by atoms with E-state index < -0.39 is 0 Å². The molecule has 0 bridgehead atoms. The number of hydrogen-bond acceptors (Lipinski definition) is 2. The molecule has 0 aliphatic heterocycles. The van der Waals surface area contributed by atoms with Crippen molar-refractivity contribution in [2.75, 3.05) is 0 Å². The van der Waals surface area contributed by atoms with Gasteiger partial charge in [0.05, 0.1) is 5.69 Å². The second-order valence-corrected chi connectivity index (χ2v) is 6.41. The third-order valence-electron chi connectivity index (χ3n) is 4.40. The summed E-state index contributed by atoms with van der Waals surface area (Å²) in [5.41, 5.74) is 6.62. The lowest BCUT2D eigenvalue weighted by Gasteiger charge is -2.14. The van der Waals surface area contributed by atoms with E-state index in [1.54, 1.807) is 0 Å². The van der Waals surface area contributed by atoms with E-state index in [1.165, 1.54) is 33.3 Å². The Bertz CT molecular complexity index is 645. The molecule has 1 aliphatic carbocycles. The van der Waals surface area contributed by atoms with Crippen molar-refractivity contribution in [3.8, 4) is 0 Å². The van der Waals surface area contributed by atoms with E-state index in [1.807, 2.05) is 11.7 Å². The molecule has 4 heteroatoms. The molecule has 1 N–H and O–H groups in total. The number of aryl methyl sites for hydroxylation is 2. The zero-order chi connectivity index (χ0) is 14.3. The van der Waals surface area contributed by atoms with Gasteiger partial charge < -0.3 is 5.32 Å². The van der Waals surface area contributed by atoms with E-state index >= 15 is 0 Å². The molecule has 0 saturated heterocycles. The Morgan fingerprint density at radius 3 is 2.90 bits per heavy atom. The summed E-state index contributed by atoms with van der Waals surface area (Å²) >= 11 is 3.66. The molecule has 0 amide bonds. The fraction of sp³-hybridized carbons (Fsp3) is 0.438. The molecule has 0 radical (unpaired) electrons. The Kier molecular flexibility index (Phi) is 3.69. The number of hydrogen-bond donors (Lipinski definition) is 1. The molecule has 106 valence electrons. The summed E-state index contributed by atoms with van der Waals surface area (Å²) in [5.74, 6) is 0. The van der Waals surface area contributed by atoms with Crippen LogP contribution in [0.3, 0.4) is 0 Å². The summed E-state index contributed by atoms with van der Waals surface area (Å²) < 4.78 is 3.21. The third kappa shape index (κ3) is 2.31. The van der Waals surface area contributed by atoms with E-state index in [9.17, 15) is 0 Å². The average molecular weight is 334 g/mol. The summed E-state index contributed by atoms with van der Waals surface area (Å²) in [7, 11) is 2.01. The zero-order valence-corrected chi connectivity index (χ0v) is 13.8. The quantitative estimate of drug-likeness (QED) is 0.930. The van der Waals surface area contributed by atoms with Gasteiger partial charge in [-0.25, -0.2) is 0 Å². The highest BCUT2D eigenvalue weighted by Gasteiger charge is 2.24. The smallest absolute Gasteiger partial charge is 0.0641 e. The maximum absolute atomic E-state index is 4.48. The van der Waals surface area contributed by atoms with Crippen LogP contribution in [0.4, 0.5) is 0 Å². The van der Waals surface area contributed by atoms with Crippen LogP contribution < -0.4 is 5.32 Å². The molecular weight excluding hydrogens is 314 g/mol. The number of aromatic nitrogens is 2. The summed E-state index contributed by atoms with van der Waals surface area (Å²) in [6.45, 7) is 5.11.